The van der Waals surface area contributed by atoms with E-state index in [0.29, 0.717) is 31.1 Å². The molecule has 116 valence electrons. The molecule has 1 fully saturated rings. The van der Waals surface area contributed by atoms with Crippen molar-refractivity contribution in [2.24, 2.45) is 0 Å². The summed E-state index contributed by atoms with van der Waals surface area (Å²) in [6.45, 7) is 3.69. The van der Waals surface area contributed by atoms with Crippen LogP contribution in [0, 0.1) is 0 Å². The lowest BCUT2D eigenvalue weighted by atomic mass is 10.2. The highest BCUT2D eigenvalue weighted by Crippen LogP contribution is 2.28. The molecule has 0 saturated carbocycles. The molecule has 1 amide bonds. The van der Waals surface area contributed by atoms with Crippen LogP contribution in [0.1, 0.15) is 31.7 Å². The number of methoxy groups -OCH3 is 1. The molecule has 1 atom stereocenters. The van der Waals surface area contributed by atoms with Gasteiger partial charge in [-0.15, -0.1) is 0 Å². The highest BCUT2D eigenvalue weighted by Gasteiger charge is 2.17. The van der Waals surface area contributed by atoms with Gasteiger partial charge in [-0.3, -0.25) is 4.79 Å². The van der Waals surface area contributed by atoms with E-state index in [1.807, 2.05) is 25.1 Å². The van der Waals surface area contributed by atoms with Crippen molar-refractivity contribution in [1.29, 1.82) is 0 Å². The minimum absolute atomic E-state index is 0.0349. The Balaban J connectivity index is 1.93. The van der Waals surface area contributed by atoms with Gasteiger partial charge in [0.25, 0.3) is 0 Å². The Morgan fingerprint density at radius 3 is 2.95 bits per heavy atom. The summed E-state index contributed by atoms with van der Waals surface area (Å²) in [6, 6.07) is 5.70. The predicted octanol–water partition coefficient (Wildman–Crippen LogP) is 2.28. The molecular weight excluding hydrogens is 270 g/mol. The molecule has 5 heteroatoms. The maximum absolute atomic E-state index is 11.3. The lowest BCUT2D eigenvalue weighted by Gasteiger charge is -2.15. The van der Waals surface area contributed by atoms with Crippen LogP contribution in [0.3, 0.4) is 0 Å². The average Bonchev–Trinajstić information content (AvgIpc) is 3.04. The lowest BCUT2D eigenvalue weighted by Crippen LogP contribution is -2.21. The van der Waals surface area contributed by atoms with Crippen LogP contribution in [0.5, 0.6) is 11.5 Å². The number of carbonyl (C=O) groups excluding carboxylic acids is 1. The molecule has 1 aliphatic heterocycles. The molecular formula is C16H23NO4. The number of nitrogens with one attached hydrogen (secondary N) is 1. The fraction of sp³-hybridized carbons (Fsp3) is 0.562. The van der Waals surface area contributed by atoms with E-state index in [-0.39, 0.29) is 12.0 Å². The van der Waals surface area contributed by atoms with E-state index in [1.165, 1.54) is 0 Å². The second kappa shape index (κ2) is 7.88. The predicted molar refractivity (Wildman–Crippen MR) is 79.6 cm³/mol. The molecule has 1 aromatic carbocycles. The SMILES string of the molecule is CCC(=O)NCc1ccc(OCC2CCCO2)c(OC)c1. The summed E-state index contributed by atoms with van der Waals surface area (Å²) in [5.41, 5.74) is 0.984. The summed E-state index contributed by atoms with van der Waals surface area (Å²) in [7, 11) is 1.61. The Kier molecular flexibility index (Phi) is 5.87. The van der Waals surface area contributed by atoms with Gasteiger partial charge >= 0.3 is 0 Å². The molecule has 21 heavy (non-hydrogen) atoms. The van der Waals surface area contributed by atoms with Gasteiger partial charge in [0.15, 0.2) is 11.5 Å². The van der Waals surface area contributed by atoms with E-state index in [0.717, 1.165) is 25.0 Å². The first-order valence-electron chi connectivity index (χ1n) is 7.41. The van der Waals surface area contributed by atoms with Crippen molar-refractivity contribution < 1.29 is 19.0 Å². The molecule has 1 aliphatic rings. The quantitative estimate of drug-likeness (QED) is 0.838. The Morgan fingerprint density at radius 1 is 1.43 bits per heavy atom. The number of ether oxygens (including phenoxy) is 3. The largest absolute Gasteiger partial charge is 0.493 e. The fourth-order valence-electron chi connectivity index (χ4n) is 2.23. The normalized spacial score (nSPS) is 17.5. The Morgan fingerprint density at radius 2 is 2.29 bits per heavy atom. The molecule has 1 N–H and O–H groups in total. The molecule has 0 radical (unpaired) electrons. The topological polar surface area (TPSA) is 56.8 Å². The zero-order valence-electron chi connectivity index (χ0n) is 12.7. The first-order chi connectivity index (χ1) is 10.2. The van der Waals surface area contributed by atoms with Gasteiger partial charge in [0, 0.05) is 19.6 Å². The van der Waals surface area contributed by atoms with E-state index in [9.17, 15) is 4.79 Å². The smallest absolute Gasteiger partial charge is 0.219 e. The van der Waals surface area contributed by atoms with Gasteiger partial charge in [0.1, 0.15) is 6.61 Å². The van der Waals surface area contributed by atoms with Gasteiger partial charge in [-0.05, 0) is 30.5 Å². The van der Waals surface area contributed by atoms with Gasteiger partial charge < -0.3 is 19.5 Å². The Labute approximate surface area is 125 Å². The average molecular weight is 293 g/mol. The van der Waals surface area contributed by atoms with Crippen LogP contribution in [0.4, 0.5) is 0 Å². The number of hydrogen-bond acceptors (Lipinski definition) is 4. The van der Waals surface area contributed by atoms with Crippen LogP contribution >= 0.6 is 0 Å². The Bertz CT molecular complexity index is 469. The number of hydrogen-bond donors (Lipinski definition) is 1. The van der Waals surface area contributed by atoms with Crippen LogP contribution in [0.25, 0.3) is 0 Å². The molecule has 2 rings (SSSR count). The first kappa shape index (κ1) is 15.6. The van der Waals surface area contributed by atoms with E-state index >= 15 is 0 Å². The second-order valence-electron chi connectivity index (χ2n) is 5.06. The van der Waals surface area contributed by atoms with Crippen molar-refractivity contribution in [3.05, 3.63) is 23.8 Å². The summed E-state index contributed by atoms with van der Waals surface area (Å²) in [4.78, 5) is 11.3. The van der Waals surface area contributed by atoms with E-state index in [2.05, 4.69) is 5.32 Å². The molecule has 1 heterocycles. The minimum Gasteiger partial charge on any atom is -0.493 e. The van der Waals surface area contributed by atoms with Crippen molar-refractivity contribution in [1.82, 2.24) is 5.32 Å². The molecule has 0 bridgehead atoms. The van der Waals surface area contributed by atoms with Crippen molar-refractivity contribution in [2.45, 2.75) is 38.8 Å². The number of amides is 1. The zero-order valence-corrected chi connectivity index (χ0v) is 12.7. The third kappa shape index (κ3) is 4.63. The number of carbonyl (C=O) groups is 1. The third-order valence-electron chi connectivity index (χ3n) is 3.49. The molecule has 0 aromatic heterocycles. The molecule has 1 unspecified atom stereocenters. The van der Waals surface area contributed by atoms with Crippen LogP contribution in [-0.4, -0.2) is 32.3 Å². The van der Waals surface area contributed by atoms with Gasteiger partial charge in [-0.25, -0.2) is 0 Å². The summed E-state index contributed by atoms with van der Waals surface area (Å²) in [5, 5.41) is 2.84. The summed E-state index contributed by atoms with van der Waals surface area (Å²) < 4.78 is 16.7. The summed E-state index contributed by atoms with van der Waals surface area (Å²) in [5.74, 6) is 1.42. The van der Waals surface area contributed by atoms with Crippen molar-refractivity contribution in [3.8, 4) is 11.5 Å². The molecule has 1 saturated heterocycles. The van der Waals surface area contributed by atoms with E-state index < -0.39 is 0 Å². The summed E-state index contributed by atoms with van der Waals surface area (Å²) in [6.07, 6.45) is 2.81. The maximum atomic E-state index is 11.3. The van der Waals surface area contributed by atoms with E-state index in [4.69, 9.17) is 14.2 Å². The van der Waals surface area contributed by atoms with Gasteiger partial charge in [0.2, 0.25) is 5.91 Å². The number of rotatable bonds is 7. The zero-order chi connectivity index (χ0) is 15.1. The van der Waals surface area contributed by atoms with Gasteiger partial charge in [-0.1, -0.05) is 13.0 Å². The van der Waals surface area contributed by atoms with Crippen LogP contribution in [0.2, 0.25) is 0 Å². The van der Waals surface area contributed by atoms with Crippen LogP contribution in [0.15, 0.2) is 18.2 Å². The third-order valence-corrected chi connectivity index (χ3v) is 3.49. The van der Waals surface area contributed by atoms with Gasteiger partial charge in [-0.2, -0.15) is 0 Å². The monoisotopic (exact) mass is 293 g/mol. The van der Waals surface area contributed by atoms with Crippen LogP contribution in [-0.2, 0) is 16.1 Å². The van der Waals surface area contributed by atoms with Crippen molar-refractivity contribution >= 4 is 5.91 Å². The standard InChI is InChI=1S/C16H23NO4/c1-3-16(18)17-10-12-6-7-14(15(9-12)19-2)21-11-13-5-4-8-20-13/h6-7,9,13H,3-5,8,10-11H2,1-2H3,(H,17,18). The highest BCUT2D eigenvalue weighted by molar-refractivity contribution is 5.75. The fourth-order valence-corrected chi connectivity index (χ4v) is 2.23. The Hall–Kier alpha value is -1.75. The first-order valence-corrected chi connectivity index (χ1v) is 7.41. The molecule has 5 nitrogen and oxygen atoms in total. The summed E-state index contributed by atoms with van der Waals surface area (Å²) >= 11 is 0. The second-order valence-corrected chi connectivity index (χ2v) is 5.06. The van der Waals surface area contributed by atoms with Gasteiger partial charge in [0.05, 0.1) is 13.2 Å². The van der Waals surface area contributed by atoms with Crippen molar-refractivity contribution in [2.75, 3.05) is 20.3 Å². The number of benzene rings is 1. The maximum Gasteiger partial charge on any atom is 0.219 e. The minimum atomic E-state index is 0.0349. The van der Waals surface area contributed by atoms with E-state index in [1.54, 1.807) is 7.11 Å². The van der Waals surface area contributed by atoms with Crippen LogP contribution < -0.4 is 14.8 Å². The molecule has 1 aromatic rings. The highest BCUT2D eigenvalue weighted by atomic mass is 16.5. The molecule has 0 aliphatic carbocycles. The lowest BCUT2D eigenvalue weighted by molar-refractivity contribution is -0.120. The van der Waals surface area contributed by atoms with Crippen molar-refractivity contribution in [3.63, 3.8) is 0 Å². The molecule has 0 spiro atoms.